The minimum Gasteiger partial charge on any atom is -0.379 e. The minimum atomic E-state index is 0.0487. The van der Waals surface area contributed by atoms with Crippen molar-refractivity contribution in [2.75, 3.05) is 31.6 Å². The fraction of sp³-hybridized carbons (Fsp3) is 0.529. The molecule has 0 radical (unpaired) electrons. The zero-order valence-electron chi connectivity index (χ0n) is 12.8. The largest absolute Gasteiger partial charge is 0.379 e. The summed E-state index contributed by atoms with van der Waals surface area (Å²) in [6.07, 6.45) is 7.01. The van der Waals surface area contributed by atoms with Crippen molar-refractivity contribution in [2.24, 2.45) is 5.92 Å². The molecule has 118 valence electrons. The highest BCUT2D eigenvalue weighted by molar-refractivity contribution is 5.90. The molecule has 1 saturated heterocycles. The van der Waals surface area contributed by atoms with Crippen molar-refractivity contribution in [1.82, 2.24) is 9.88 Å². The number of hydrogen-bond donors (Lipinski definition) is 1. The van der Waals surface area contributed by atoms with Gasteiger partial charge in [-0.1, -0.05) is 18.2 Å². The van der Waals surface area contributed by atoms with Crippen molar-refractivity contribution in [3.63, 3.8) is 0 Å². The molecule has 1 amide bonds. The van der Waals surface area contributed by atoms with Gasteiger partial charge in [0.1, 0.15) is 5.82 Å². The molecule has 1 atom stereocenters. The quantitative estimate of drug-likeness (QED) is 0.847. The Balaban J connectivity index is 1.53. The van der Waals surface area contributed by atoms with Crippen molar-refractivity contribution in [1.29, 1.82) is 0 Å². The normalized spacial score (nSPS) is 21.9. The lowest BCUT2D eigenvalue weighted by Crippen LogP contribution is -2.35. The highest BCUT2D eigenvalue weighted by Crippen LogP contribution is 2.20. The Morgan fingerprint density at radius 3 is 3.00 bits per heavy atom. The molecule has 22 heavy (non-hydrogen) atoms. The monoisotopic (exact) mass is 301 g/mol. The molecule has 0 bridgehead atoms. The van der Waals surface area contributed by atoms with E-state index in [1.54, 1.807) is 0 Å². The summed E-state index contributed by atoms with van der Waals surface area (Å²) in [6.45, 7) is 4.24. The van der Waals surface area contributed by atoms with E-state index in [9.17, 15) is 4.79 Å². The number of hydrogen-bond acceptors (Lipinski definition) is 4. The average Bonchev–Trinajstić information content (AvgIpc) is 3.01. The lowest BCUT2D eigenvalue weighted by Gasteiger charge is -2.26. The predicted molar refractivity (Wildman–Crippen MR) is 85.4 cm³/mol. The minimum absolute atomic E-state index is 0.0487. The van der Waals surface area contributed by atoms with Crippen molar-refractivity contribution in [3.8, 4) is 0 Å². The summed E-state index contributed by atoms with van der Waals surface area (Å²) in [5.74, 6) is 1.09. The second-order valence-corrected chi connectivity index (χ2v) is 5.92. The molecule has 3 rings (SSSR count). The molecule has 0 aromatic carbocycles. The third kappa shape index (κ3) is 4.39. The average molecular weight is 301 g/mol. The van der Waals surface area contributed by atoms with E-state index in [4.69, 9.17) is 4.74 Å². The van der Waals surface area contributed by atoms with Gasteiger partial charge in [-0.3, -0.25) is 9.69 Å². The van der Waals surface area contributed by atoms with Crippen LogP contribution in [0.3, 0.4) is 0 Å². The third-order valence-electron chi connectivity index (χ3n) is 4.12. The van der Waals surface area contributed by atoms with Gasteiger partial charge in [-0.2, -0.15) is 0 Å². The van der Waals surface area contributed by atoms with Crippen molar-refractivity contribution >= 4 is 11.7 Å². The Morgan fingerprint density at radius 2 is 2.23 bits per heavy atom. The first-order valence-corrected chi connectivity index (χ1v) is 8.02. The van der Waals surface area contributed by atoms with Gasteiger partial charge in [-0.25, -0.2) is 4.98 Å². The second-order valence-electron chi connectivity index (χ2n) is 5.92. The number of nitrogens with one attached hydrogen (secondary N) is 1. The van der Waals surface area contributed by atoms with Gasteiger partial charge in [0.2, 0.25) is 5.91 Å². The molecule has 5 heteroatoms. The topological polar surface area (TPSA) is 54.5 Å². The number of carbonyl (C=O) groups is 1. The first kappa shape index (κ1) is 15.2. The first-order valence-electron chi connectivity index (χ1n) is 8.02. The molecular formula is C17H23N3O2. The van der Waals surface area contributed by atoms with Gasteiger partial charge in [-0.05, 0) is 30.9 Å². The molecule has 0 spiro atoms. The fourth-order valence-electron chi connectivity index (χ4n) is 2.92. The number of rotatable bonds is 5. The van der Waals surface area contributed by atoms with E-state index < -0.39 is 0 Å². The molecular weight excluding hydrogens is 278 g/mol. The van der Waals surface area contributed by atoms with E-state index in [0.29, 0.717) is 18.2 Å². The van der Waals surface area contributed by atoms with E-state index in [1.807, 2.05) is 18.2 Å². The lowest BCUT2D eigenvalue weighted by atomic mass is 10.1. The first-order chi connectivity index (χ1) is 10.8. The van der Waals surface area contributed by atoms with Crippen LogP contribution in [0, 0.1) is 5.92 Å². The summed E-state index contributed by atoms with van der Waals surface area (Å²) in [5.41, 5.74) is 0.987. The third-order valence-corrected chi connectivity index (χ3v) is 4.12. The van der Waals surface area contributed by atoms with Gasteiger partial charge in [0.25, 0.3) is 0 Å². The Kier molecular flexibility index (Phi) is 5.19. The summed E-state index contributed by atoms with van der Waals surface area (Å²) in [5, 5.41) is 2.92. The number of aromatic nitrogens is 1. The molecule has 1 aromatic rings. The molecule has 5 nitrogen and oxygen atoms in total. The molecule has 1 N–H and O–H groups in total. The van der Waals surface area contributed by atoms with Gasteiger partial charge < -0.3 is 10.1 Å². The Bertz CT molecular complexity index is 538. The van der Waals surface area contributed by atoms with E-state index in [2.05, 4.69) is 27.4 Å². The maximum Gasteiger partial charge on any atom is 0.226 e. The number of pyridine rings is 1. The van der Waals surface area contributed by atoms with E-state index in [1.165, 1.54) is 0 Å². The number of morpholine rings is 1. The second kappa shape index (κ2) is 7.51. The summed E-state index contributed by atoms with van der Waals surface area (Å²) in [4.78, 5) is 18.9. The van der Waals surface area contributed by atoms with E-state index in [0.717, 1.165) is 51.4 Å². The van der Waals surface area contributed by atoms with Crippen LogP contribution >= 0.6 is 0 Å². The number of amides is 1. The van der Waals surface area contributed by atoms with E-state index >= 15 is 0 Å². The smallest absolute Gasteiger partial charge is 0.226 e. The molecule has 1 aliphatic heterocycles. The summed E-state index contributed by atoms with van der Waals surface area (Å²) in [6, 6.07) is 5.81. The van der Waals surface area contributed by atoms with Crippen LogP contribution in [0.15, 0.2) is 30.4 Å². The molecule has 2 heterocycles. The van der Waals surface area contributed by atoms with Crippen LogP contribution in [0.1, 0.15) is 25.0 Å². The molecule has 0 saturated carbocycles. The fourth-order valence-corrected chi connectivity index (χ4v) is 2.92. The number of nitrogens with zero attached hydrogens (tertiary/aromatic N) is 2. The van der Waals surface area contributed by atoms with Gasteiger partial charge in [0.15, 0.2) is 0 Å². The lowest BCUT2D eigenvalue weighted by molar-refractivity contribution is -0.116. The maximum absolute atomic E-state index is 12.1. The van der Waals surface area contributed by atoms with Crippen LogP contribution < -0.4 is 5.32 Å². The SMILES string of the molecule is O=C(CC1C=CCC1)Nc1cccc(CN2CCOCC2)n1. The van der Waals surface area contributed by atoms with Gasteiger partial charge in [0.05, 0.1) is 18.9 Å². The number of carbonyl (C=O) groups excluding carboxylic acids is 1. The van der Waals surface area contributed by atoms with Crippen molar-refractivity contribution in [2.45, 2.75) is 25.8 Å². The van der Waals surface area contributed by atoms with Crippen LogP contribution in [0.2, 0.25) is 0 Å². The summed E-state index contributed by atoms with van der Waals surface area (Å²) < 4.78 is 5.35. The highest BCUT2D eigenvalue weighted by atomic mass is 16.5. The zero-order chi connectivity index (χ0) is 15.2. The Hall–Kier alpha value is -1.72. The van der Waals surface area contributed by atoms with E-state index in [-0.39, 0.29) is 5.91 Å². The molecule has 1 aliphatic carbocycles. The number of ether oxygens (including phenoxy) is 1. The number of allylic oxidation sites excluding steroid dienone is 2. The summed E-state index contributed by atoms with van der Waals surface area (Å²) in [7, 11) is 0. The van der Waals surface area contributed by atoms with Gasteiger partial charge >= 0.3 is 0 Å². The summed E-state index contributed by atoms with van der Waals surface area (Å²) >= 11 is 0. The van der Waals surface area contributed by atoms with Crippen LogP contribution in [0.25, 0.3) is 0 Å². The van der Waals surface area contributed by atoms with Gasteiger partial charge in [0, 0.05) is 26.1 Å². The van der Waals surface area contributed by atoms with Crippen molar-refractivity contribution in [3.05, 3.63) is 36.0 Å². The standard InChI is InChI=1S/C17H23N3O2/c21-17(12-14-4-1-2-5-14)19-16-7-3-6-15(18-16)13-20-8-10-22-11-9-20/h1,3-4,6-7,14H,2,5,8-13H2,(H,18,19,21). The van der Waals surface area contributed by atoms with Crippen LogP contribution in [-0.4, -0.2) is 42.1 Å². The van der Waals surface area contributed by atoms with Crippen LogP contribution in [0.4, 0.5) is 5.82 Å². The van der Waals surface area contributed by atoms with Gasteiger partial charge in [-0.15, -0.1) is 0 Å². The maximum atomic E-state index is 12.1. The molecule has 1 fully saturated rings. The Labute approximate surface area is 131 Å². The number of anilines is 1. The zero-order valence-corrected chi connectivity index (χ0v) is 12.8. The van der Waals surface area contributed by atoms with Crippen molar-refractivity contribution < 1.29 is 9.53 Å². The molecule has 1 aromatic heterocycles. The molecule has 1 unspecified atom stereocenters. The molecule has 2 aliphatic rings. The predicted octanol–water partition coefficient (Wildman–Crippen LogP) is 2.21. The highest BCUT2D eigenvalue weighted by Gasteiger charge is 2.15. The Morgan fingerprint density at radius 1 is 1.36 bits per heavy atom. The van der Waals surface area contributed by atoms with Crippen LogP contribution in [0.5, 0.6) is 0 Å². The van der Waals surface area contributed by atoms with Crippen LogP contribution in [-0.2, 0) is 16.1 Å².